The Bertz CT molecular complexity index is 721. The summed E-state index contributed by atoms with van der Waals surface area (Å²) < 4.78 is 0. The van der Waals surface area contributed by atoms with E-state index in [4.69, 9.17) is 16.4 Å². The van der Waals surface area contributed by atoms with Crippen LogP contribution >= 0.6 is 11.6 Å². The van der Waals surface area contributed by atoms with Crippen LogP contribution in [0.3, 0.4) is 0 Å². The number of piperidine rings is 1. The lowest BCUT2D eigenvalue weighted by Crippen LogP contribution is -2.53. The molecule has 1 spiro atoms. The molecule has 3 rings (SSSR count). The van der Waals surface area contributed by atoms with Gasteiger partial charge in [0.05, 0.1) is 12.7 Å². The maximum Gasteiger partial charge on any atom is 0.258 e. The van der Waals surface area contributed by atoms with E-state index >= 15 is 0 Å². The van der Waals surface area contributed by atoms with E-state index in [1.54, 1.807) is 19.1 Å². The molecule has 0 saturated carbocycles. The first kappa shape index (κ1) is 17.3. The highest BCUT2D eigenvalue weighted by Crippen LogP contribution is 2.45. The molecule has 1 saturated heterocycles. The first-order valence-corrected chi connectivity index (χ1v) is 8.47. The van der Waals surface area contributed by atoms with Gasteiger partial charge in [0.15, 0.2) is 0 Å². The summed E-state index contributed by atoms with van der Waals surface area (Å²) in [6.45, 7) is 5.27. The van der Waals surface area contributed by atoms with Gasteiger partial charge in [-0.1, -0.05) is 11.6 Å². The molecule has 0 radical (unpaired) electrons. The number of aliphatic hydroxyl groups excluding tert-OH is 1. The zero-order chi connectivity index (χ0) is 17.6. The molecule has 5 nitrogen and oxygen atoms in total. The van der Waals surface area contributed by atoms with Crippen LogP contribution in [0.2, 0.25) is 5.02 Å². The maximum absolute atomic E-state index is 12.9. The Morgan fingerprint density at radius 2 is 1.79 bits per heavy atom. The van der Waals surface area contributed by atoms with Gasteiger partial charge in [-0.25, -0.2) is 0 Å². The Labute approximate surface area is 147 Å². The number of amides is 1. The summed E-state index contributed by atoms with van der Waals surface area (Å²) >= 11 is 6.39. The van der Waals surface area contributed by atoms with Crippen molar-refractivity contribution in [2.24, 2.45) is 0 Å². The molecule has 1 amide bonds. The number of rotatable bonds is 2. The summed E-state index contributed by atoms with van der Waals surface area (Å²) in [7, 11) is 3.39. The van der Waals surface area contributed by atoms with Crippen molar-refractivity contribution in [3.8, 4) is 0 Å². The van der Waals surface area contributed by atoms with Crippen molar-refractivity contribution in [2.75, 3.05) is 27.2 Å². The molecule has 130 valence electrons. The quantitative estimate of drug-likeness (QED) is 0.890. The van der Waals surface area contributed by atoms with Crippen molar-refractivity contribution in [2.45, 2.75) is 32.2 Å². The SMILES string of the molecule is CON1CCC2(CC1)C(O)=C(c1cc(C)c(C)cc1Cl)C(=O)N2C. The fourth-order valence-electron chi connectivity index (χ4n) is 3.68. The van der Waals surface area contributed by atoms with Gasteiger partial charge in [-0.3, -0.25) is 4.79 Å². The molecule has 0 bridgehead atoms. The van der Waals surface area contributed by atoms with Crippen LogP contribution < -0.4 is 0 Å². The van der Waals surface area contributed by atoms with Crippen molar-refractivity contribution in [3.63, 3.8) is 0 Å². The second-order valence-electron chi connectivity index (χ2n) is 6.65. The first-order valence-electron chi connectivity index (χ1n) is 8.10. The topological polar surface area (TPSA) is 53.0 Å². The number of hydrogen-bond donors (Lipinski definition) is 1. The molecular weight excluding hydrogens is 328 g/mol. The van der Waals surface area contributed by atoms with Crippen molar-refractivity contribution < 1.29 is 14.7 Å². The van der Waals surface area contributed by atoms with E-state index < -0.39 is 5.54 Å². The van der Waals surface area contributed by atoms with Gasteiger partial charge in [-0.2, -0.15) is 5.06 Å². The van der Waals surface area contributed by atoms with E-state index in [1.807, 2.05) is 31.0 Å². The standard InChI is InChI=1S/C18H23ClN2O3/c1-11-9-13(14(19)10-12(11)2)15-16(22)18(20(3)17(15)23)5-7-21(24-4)8-6-18/h9-10,22H,5-8H2,1-4H3. The van der Waals surface area contributed by atoms with Crippen LogP contribution in [-0.2, 0) is 9.63 Å². The fraction of sp³-hybridized carbons (Fsp3) is 0.500. The second-order valence-corrected chi connectivity index (χ2v) is 7.05. The fourth-order valence-corrected chi connectivity index (χ4v) is 3.99. The zero-order valence-electron chi connectivity index (χ0n) is 14.5. The molecule has 1 aromatic rings. The van der Waals surface area contributed by atoms with Crippen molar-refractivity contribution in [1.82, 2.24) is 9.96 Å². The predicted molar refractivity (Wildman–Crippen MR) is 93.8 cm³/mol. The monoisotopic (exact) mass is 350 g/mol. The van der Waals surface area contributed by atoms with Gasteiger partial charge in [0.1, 0.15) is 11.3 Å². The highest BCUT2D eigenvalue weighted by atomic mass is 35.5. The Kier molecular flexibility index (Phi) is 4.36. The lowest BCUT2D eigenvalue weighted by molar-refractivity contribution is -0.162. The smallest absolute Gasteiger partial charge is 0.258 e. The molecule has 2 heterocycles. The molecule has 1 N–H and O–H groups in total. The highest BCUT2D eigenvalue weighted by Gasteiger charge is 2.52. The third-order valence-electron chi connectivity index (χ3n) is 5.50. The molecular formula is C18H23ClN2O3. The summed E-state index contributed by atoms with van der Waals surface area (Å²) in [5.74, 6) is -0.0422. The third-order valence-corrected chi connectivity index (χ3v) is 5.81. The van der Waals surface area contributed by atoms with Gasteiger partial charge in [0.2, 0.25) is 0 Å². The lowest BCUT2D eigenvalue weighted by Gasteiger charge is -2.42. The minimum absolute atomic E-state index is 0.135. The molecule has 2 aliphatic rings. The van der Waals surface area contributed by atoms with Crippen LogP contribution in [-0.4, -0.2) is 53.8 Å². The number of likely N-dealkylation sites (N-methyl/N-ethyl adjacent to an activating group) is 1. The molecule has 0 aliphatic carbocycles. The Hall–Kier alpha value is -1.56. The number of aryl methyl sites for hydroxylation is 2. The van der Waals surface area contributed by atoms with Crippen LogP contribution in [0, 0.1) is 13.8 Å². The summed E-state index contributed by atoms with van der Waals surface area (Å²) in [6, 6.07) is 3.73. The molecule has 0 unspecified atom stereocenters. The van der Waals surface area contributed by atoms with E-state index in [2.05, 4.69) is 0 Å². The van der Waals surface area contributed by atoms with Gasteiger partial charge < -0.3 is 14.8 Å². The molecule has 1 aromatic carbocycles. The Morgan fingerprint density at radius 1 is 1.21 bits per heavy atom. The number of benzene rings is 1. The number of aliphatic hydroxyl groups is 1. The van der Waals surface area contributed by atoms with Crippen LogP contribution in [0.25, 0.3) is 5.57 Å². The first-order chi connectivity index (χ1) is 11.3. The van der Waals surface area contributed by atoms with E-state index in [1.165, 1.54) is 0 Å². The normalized spacial score (nSPS) is 21.2. The van der Waals surface area contributed by atoms with Gasteiger partial charge >= 0.3 is 0 Å². The molecule has 6 heteroatoms. The van der Waals surface area contributed by atoms with Crippen molar-refractivity contribution in [1.29, 1.82) is 0 Å². The Balaban J connectivity index is 2.08. The zero-order valence-corrected chi connectivity index (χ0v) is 15.3. The maximum atomic E-state index is 12.9. The van der Waals surface area contributed by atoms with Crippen LogP contribution in [0.5, 0.6) is 0 Å². The van der Waals surface area contributed by atoms with Gasteiger partial charge in [-0.15, -0.1) is 0 Å². The summed E-state index contributed by atoms with van der Waals surface area (Å²) in [4.78, 5) is 19.8. The molecule has 2 aliphatic heterocycles. The minimum Gasteiger partial charge on any atom is -0.509 e. The van der Waals surface area contributed by atoms with Gasteiger partial charge in [-0.05, 0) is 49.9 Å². The summed E-state index contributed by atoms with van der Waals surface area (Å²) in [5, 5.41) is 13.3. The van der Waals surface area contributed by atoms with Crippen molar-refractivity contribution >= 4 is 23.1 Å². The number of carbonyl (C=O) groups excluding carboxylic acids is 1. The average molecular weight is 351 g/mol. The third kappa shape index (κ3) is 2.42. The van der Waals surface area contributed by atoms with Crippen LogP contribution in [0.1, 0.15) is 29.5 Å². The van der Waals surface area contributed by atoms with Gasteiger partial charge in [0, 0.05) is 30.7 Å². The molecule has 24 heavy (non-hydrogen) atoms. The number of hydroxylamine groups is 2. The molecule has 0 aromatic heterocycles. The van der Waals surface area contributed by atoms with E-state index in [0.29, 0.717) is 42.1 Å². The summed E-state index contributed by atoms with van der Waals surface area (Å²) in [5.41, 5.74) is 2.38. The minimum atomic E-state index is -0.663. The number of nitrogens with zero attached hydrogens (tertiary/aromatic N) is 2. The van der Waals surface area contributed by atoms with Crippen molar-refractivity contribution in [3.05, 3.63) is 39.6 Å². The predicted octanol–water partition coefficient (Wildman–Crippen LogP) is 3.09. The van der Waals surface area contributed by atoms with Crippen LogP contribution in [0.4, 0.5) is 0 Å². The molecule has 1 fully saturated rings. The summed E-state index contributed by atoms with van der Waals surface area (Å²) in [6.07, 6.45) is 1.25. The number of carbonyl (C=O) groups is 1. The molecule has 0 atom stereocenters. The average Bonchev–Trinajstić information content (AvgIpc) is 2.74. The van der Waals surface area contributed by atoms with Gasteiger partial charge in [0.25, 0.3) is 5.91 Å². The van der Waals surface area contributed by atoms with E-state index in [-0.39, 0.29) is 11.7 Å². The second kappa shape index (κ2) is 6.06. The van der Waals surface area contributed by atoms with E-state index in [0.717, 1.165) is 11.1 Å². The number of hydrogen-bond acceptors (Lipinski definition) is 4. The van der Waals surface area contributed by atoms with Crippen LogP contribution in [0.15, 0.2) is 17.9 Å². The lowest BCUT2D eigenvalue weighted by atomic mass is 9.85. The van der Waals surface area contributed by atoms with E-state index in [9.17, 15) is 9.90 Å². The largest absolute Gasteiger partial charge is 0.509 e. The number of halogens is 1. The Morgan fingerprint density at radius 3 is 2.38 bits per heavy atom. The highest BCUT2D eigenvalue weighted by molar-refractivity contribution is 6.35.